The molecule has 7 rings (SSSR count). The lowest BCUT2D eigenvalue weighted by atomic mass is 9.97. The lowest BCUT2D eigenvalue weighted by Crippen LogP contribution is -2.61. The average molecular weight is 552 g/mol. The summed E-state index contributed by atoms with van der Waals surface area (Å²) in [6, 6.07) is 11.3. The van der Waals surface area contributed by atoms with Crippen LogP contribution in [0.5, 0.6) is 0 Å². The van der Waals surface area contributed by atoms with E-state index in [1.165, 1.54) is 18.2 Å². The van der Waals surface area contributed by atoms with Gasteiger partial charge in [-0.15, -0.1) is 0 Å². The predicted octanol–water partition coefficient (Wildman–Crippen LogP) is 4.52. The number of nitrogens with zero attached hydrogens (tertiary/aromatic N) is 4. The van der Waals surface area contributed by atoms with E-state index in [4.69, 9.17) is 0 Å². The van der Waals surface area contributed by atoms with E-state index in [9.17, 15) is 9.59 Å². The highest BCUT2D eigenvalue weighted by Gasteiger charge is 2.30. The fourth-order valence-electron chi connectivity index (χ4n) is 5.61. The van der Waals surface area contributed by atoms with Crippen molar-refractivity contribution >= 4 is 44.5 Å². The second kappa shape index (κ2) is 9.40. The molecule has 1 saturated heterocycles. The summed E-state index contributed by atoms with van der Waals surface area (Å²) in [5.74, 6) is -1.31. The van der Waals surface area contributed by atoms with Crippen molar-refractivity contribution in [3.8, 4) is 22.3 Å². The highest BCUT2D eigenvalue weighted by molar-refractivity contribution is 6.06. The number of aromatic amines is 2. The van der Waals surface area contributed by atoms with Crippen LogP contribution in [0.4, 0.5) is 8.78 Å². The molecular formula is C30H23F2N7O2. The Hall–Kier alpha value is -5.32. The van der Waals surface area contributed by atoms with Gasteiger partial charge in [-0.05, 0) is 48.0 Å². The summed E-state index contributed by atoms with van der Waals surface area (Å²) in [6.07, 6.45) is 6.22. The Balaban J connectivity index is 1.33. The normalized spacial score (nSPS) is 13.7. The number of amides is 2. The van der Waals surface area contributed by atoms with E-state index in [-0.39, 0.29) is 24.4 Å². The number of nitrogens with one attached hydrogen (secondary N) is 3. The first-order valence-corrected chi connectivity index (χ1v) is 13.0. The average Bonchev–Trinajstić information content (AvgIpc) is 3.69. The Morgan fingerprint density at radius 2 is 1.63 bits per heavy atom. The predicted molar refractivity (Wildman–Crippen MR) is 151 cm³/mol. The number of rotatable bonds is 6. The first-order valence-electron chi connectivity index (χ1n) is 13.0. The van der Waals surface area contributed by atoms with Crippen molar-refractivity contribution in [3.05, 3.63) is 85.3 Å². The Morgan fingerprint density at radius 3 is 2.32 bits per heavy atom. The van der Waals surface area contributed by atoms with E-state index in [2.05, 4.69) is 32.3 Å². The van der Waals surface area contributed by atoms with E-state index in [1.807, 2.05) is 0 Å². The van der Waals surface area contributed by atoms with Crippen LogP contribution < -0.4 is 5.32 Å². The molecule has 3 aromatic heterocycles. The van der Waals surface area contributed by atoms with Gasteiger partial charge in [0.05, 0.1) is 29.5 Å². The Labute approximate surface area is 231 Å². The van der Waals surface area contributed by atoms with Crippen LogP contribution in [0, 0.1) is 11.6 Å². The summed E-state index contributed by atoms with van der Waals surface area (Å²) in [6.45, 7) is 4.27. The molecule has 3 aromatic carbocycles. The highest BCUT2D eigenvalue weighted by atomic mass is 19.1. The molecule has 1 aliphatic heterocycles. The lowest BCUT2D eigenvalue weighted by molar-refractivity contribution is -0.133. The summed E-state index contributed by atoms with van der Waals surface area (Å²) in [7, 11) is 0. The van der Waals surface area contributed by atoms with Gasteiger partial charge in [-0.2, -0.15) is 10.2 Å². The van der Waals surface area contributed by atoms with Gasteiger partial charge in [0.1, 0.15) is 18.2 Å². The molecule has 9 nitrogen and oxygen atoms in total. The van der Waals surface area contributed by atoms with Crippen LogP contribution in [-0.4, -0.2) is 60.8 Å². The van der Waals surface area contributed by atoms with Crippen LogP contribution in [0.3, 0.4) is 0 Å². The number of benzene rings is 3. The minimum atomic E-state index is -0.459. The summed E-state index contributed by atoms with van der Waals surface area (Å²) in [4.78, 5) is 26.4. The second-order valence-electron chi connectivity index (χ2n) is 10.1. The second-order valence-corrected chi connectivity index (χ2v) is 10.1. The monoisotopic (exact) mass is 551 g/mol. The minimum absolute atomic E-state index is 0.0349. The van der Waals surface area contributed by atoms with E-state index in [1.54, 1.807) is 58.4 Å². The fourth-order valence-corrected chi connectivity index (χ4v) is 5.61. The molecule has 204 valence electrons. The zero-order chi connectivity index (χ0) is 28.2. The van der Waals surface area contributed by atoms with E-state index in [0.717, 1.165) is 10.8 Å². The maximum Gasteiger partial charge on any atom is 0.246 e. The Morgan fingerprint density at radius 1 is 0.976 bits per heavy atom. The van der Waals surface area contributed by atoms with Gasteiger partial charge < -0.3 is 14.8 Å². The van der Waals surface area contributed by atoms with Crippen molar-refractivity contribution in [1.82, 2.24) is 35.2 Å². The third kappa shape index (κ3) is 4.05. The van der Waals surface area contributed by atoms with Crippen LogP contribution in [0.25, 0.3) is 55.0 Å². The fraction of sp³-hybridized carbons (Fsp3) is 0.133. The summed E-state index contributed by atoms with van der Waals surface area (Å²) in [5, 5.41) is 19.0. The van der Waals surface area contributed by atoms with Crippen LogP contribution in [-0.2, 0) is 16.1 Å². The molecule has 0 radical (unpaired) electrons. The number of hydrogen-bond donors (Lipinski definition) is 3. The van der Waals surface area contributed by atoms with E-state index < -0.39 is 11.6 Å². The van der Waals surface area contributed by atoms with Gasteiger partial charge in [0.15, 0.2) is 0 Å². The molecule has 0 bridgehead atoms. The Bertz CT molecular complexity index is 2020. The SMILES string of the molecule is C=CC(=O)N1CC(NC(=O)Cn2cc(-c3c(F)ccc4cn[nH]c34)c3cc(-c4c(F)ccc5cn[nH]c45)ccc32)C1. The van der Waals surface area contributed by atoms with Crippen molar-refractivity contribution in [2.75, 3.05) is 13.1 Å². The van der Waals surface area contributed by atoms with Crippen molar-refractivity contribution in [2.24, 2.45) is 0 Å². The number of H-pyrrole nitrogens is 2. The maximum absolute atomic E-state index is 15.4. The number of halogens is 2. The summed E-state index contributed by atoms with van der Waals surface area (Å²) < 4.78 is 32.4. The van der Waals surface area contributed by atoms with Gasteiger partial charge in [0, 0.05) is 57.7 Å². The van der Waals surface area contributed by atoms with Gasteiger partial charge in [-0.1, -0.05) is 12.6 Å². The van der Waals surface area contributed by atoms with Crippen LogP contribution in [0.1, 0.15) is 0 Å². The number of hydrogen-bond acceptors (Lipinski definition) is 4. The zero-order valence-corrected chi connectivity index (χ0v) is 21.6. The minimum Gasteiger partial charge on any atom is -0.348 e. The largest absolute Gasteiger partial charge is 0.348 e. The molecule has 0 spiro atoms. The molecule has 0 aliphatic carbocycles. The smallest absolute Gasteiger partial charge is 0.246 e. The zero-order valence-electron chi connectivity index (χ0n) is 21.6. The van der Waals surface area contributed by atoms with Crippen LogP contribution >= 0.6 is 0 Å². The van der Waals surface area contributed by atoms with Crippen LogP contribution in [0.2, 0.25) is 0 Å². The molecule has 6 aromatic rings. The quantitative estimate of drug-likeness (QED) is 0.264. The first-order chi connectivity index (χ1) is 19.9. The highest BCUT2D eigenvalue weighted by Crippen LogP contribution is 2.39. The summed E-state index contributed by atoms with van der Waals surface area (Å²) in [5.41, 5.74) is 3.50. The topological polar surface area (TPSA) is 112 Å². The maximum atomic E-state index is 15.4. The third-order valence-corrected chi connectivity index (χ3v) is 7.62. The molecule has 0 unspecified atom stereocenters. The molecule has 4 heterocycles. The van der Waals surface area contributed by atoms with E-state index in [0.29, 0.717) is 57.3 Å². The number of fused-ring (bicyclic) bond motifs is 3. The van der Waals surface area contributed by atoms with E-state index >= 15 is 8.78 Å². The molecule has 41 heavy (non-hydrogen) atoms. The van der Waals surface area contributed by atoms with Gasteiger partial charge in [0.25, 0.3) is 0 Å². The molecular weight excluding hydrogens is 528 g/mol. The first kappa shape index (κ1) is 24.7. The van der Waals surface area contributed by atoms with Crippen LogP contribution in [0.15, 0.2) is 73.7 Å². The summed E-state index contributed by atoms with van der Waals surface area (Å²) >= 11 is 0. The molecule has 0 atom stereocenters. The number of carbonyl (C=O) groups is 2. The van der Waals surface area contributed by atoms with Crippen molar-refractivity contribution in [1.29, 1.82) is 0 Å². The van der Waals surface area contributed by atoms with Gasteiger partial charge in [-0.25, -0.2) is 8.78 Å². The van der Waals surface area contributed by atoms with Gasteiger partial charge in [-0.3, -0.25) is 19.8 Å². The lowest BCUT2D eigenvalue weighted by Gasteiger charge is -2.38. The van der Waals surface area contributed by atoms with Crippen molar-refractivity contribution in [3.63, 3.8) is 0 Å². The van der Waals surface area contributed by atoms with Crippen molar-refractivity contribution in [2.45, 2.75) is 12.6 Å². The number of carbonyl (C=O) groups excluding carboxylic acids is 2. The Kier molecular flexibility index (Phi) is 5.67. The standard InChI is InChI=1S/C30H23F2N7O2/c1-2-26(41)39-12-19(13-39)35-25(40)15-38-14-21(28-23(32)7-4-18-11-34-37-30(18)28)20-9-16(5-8-24(20)38)27-22(31)6-3-17-10-33-36-29(17)27/h2-11,14,19H,1,12-13,15H2,(H,33,36)(H,34,37)(H,35,40). The molecule has 3 N–H and O–H groups in total. The number of aromatic nitrogens is 5. The number of likely N-dealkylation sites (tertiary alicyclic amines) is 1. The van der Waals surface area contributed by atoms with Crippen molar-refractivity contribution < 1.29 is 18.4 Å². The third-order valence-electron chi connectivity index (χ3n) is 7.62. The van der Waals surface area contributed by atoms with Gasteiger partial charge >= 0.3 is 0 Å². The molecule has 1 fully saturated rings. The van der Waals surface area contributed by atoms with Gasteiger partial charge in [0.2, 0.25) is 11.8 Å². The molecule has 0 saturated carbocycles. The molecule has 11 heteroatoms. The molecule has 1 aliphatic rings. The molecule has 2 amide bonds.